The van der Waals surface area contributed by atoms with Crippen molar-refractivity contribution in [1.82, 2.24) is 5.32 Å². The van der Waals surface area contributed by atoms with Crippen LogP contribution in [0.15, 0.2) is 0 Å². The summed E-state index contributed by atoms with van der Waals surface area (Å²) in [5, 5.41) is 12.6. The third-order valence-corrected chi connectivity index (χ3v) is 3.35. The molecule has 0 bridgehead atoms. The van der Waals surface area contributed by atoms with E-state index in [4.69, 9.17) is 5.11 Å². The van der Waals surface area contributed by atoms with Crippen LogP contribution < -0.4 is 5.32 Å². The lowest BCUT2D eigenvalue weighted by Gasteiger charge is -2.24. The van der Waals surface area contributed by atoms with E-state index < -0.39 is 0 Å². The van der Waals surface area contributed by atoms with Crippen molar-refractivity contribution in [1.29, 1.82) is 0 Å². The van der Waals surface area contributed by atoms with Gasteiger partial charge in [0, 0.05) is 12.1 Å². The standard InChI is InChI=1S/C11H23NO/c1-3-9-6-5-7-11(9)12-10(4-2)8-13/h9-13H,3-8H2,1-2H3/t9?,10-,11?/m0/s1. The van der Waals surface area contributed by atoms with E-state index in [0.717, 1.165) is 12.3 Å². The molecule has 0 aliphatic heterocycles. The molecule has 0 amide bonds. The van der Waals surface area contributed by atoms with Crippen LogP contribution in [0.5, 0.6) is 0 Å². The molecule has 0 spiro atoms. The summed E-state index contributed by atoms with van der Waals surface area (Å²) < 4.78 is 0. The van der Waals surface area contributed by atoms with Gasteiger partial charge in [0.25, 0.3) is 0 Å². The highest BCUT2D eigenvalue weighted by molar-refractivity contribution is 4.84. The summed E-state index contributed by atoms with van der Waals surface area (Å²) in [5.41, 5.74) is 0. The highest BCUT2D eigenvalue weighted by Gasteiger charge is 2.26. The quantitative estimate of drug-likeness (QED) is 0.686. The van der Waals surface area contributed by atoms with E-state index in [-0.39, 0.29) is 6.61 Å². The zero-order valence-corrected chi connectivity index (χ0v) is 8.92. The molecule has 78 valence electrons. The van der Waals surface area contributed by atoms with Gasteiger partial charge < -0.3 is 10.4 Å². The number of rotatable bonds is 5. The van der Waals surface area contributed by atoms with Crippen molar-refractivity contribution in [2.24, 2.45) is 5.92 Å². The van der Waals surface area contributed by atoms with Crippen LogP contribution in [0.25, 0.3) is 0 Å². The van der Waals surface area contributed by atoms with Gasteiger partial charge in [0.15, 0.2) is 0 Å². The molecule has 0 saturated heterocycles. The lowest BCUT2D eigenvalue weighted by molar-refractivity contribution is 0.216. The van der Waals surface area contributed by atoms with Gasteiger partial charge in [0.2, 0.25) is 0 Å². The summed E-state index contributed by atoms with van der Waals surface area (Å²) in [6, 6.07) is 0.985. The number of hydrogen-bond acceptors (Lipinski definition) is 2. The van der Waals surface area contributed by atoms with Crippen molar-refractivity contribution in [3.8, 4) is 0 Å². The molecule has 2 unspecified atom stereocenters. The molecule has 2 nitrogen and oxygen atoms in total. The first-order valence-electron chi connectivity index (χ1n) is 5.68. The average molecular weight is 185 g/mol. The van der Waals surface area contributed by atoms with Crippen LogP contribution in [-0.2, 0) is 0 Å². The van der Waals surface area contributed by atoms with E-state index in [1.54, 1.807) is 0 Å². The minimum Gasteiger partial charge on any atom is -0.395 e. The van der Waals surface area contributed by atoms with E-state index in [0.29, 0.717) is 12.1 Å². The molecule has 2 N–H and O–H groups in total. The molecular formula is C11H23NO. The van der Waals surface area contributed by atoms with E-state index in [1.165, 1.54) is 25.7 Å². The van der Waals surface area contributed by atoms with E-state index in [9.17, 15) is 0 Å². The lowest BCUT2D eigenvalue weighted by atomic mass is 9.99. The predicted octanol–water partition coefficient (Wildman–Crippen LogP) is 1.93. The molecule has 1 saturated carbocycles. The molecule has 3 atom stereocenters. The first-order valence-corrected chi connectivity index (χ1v) is 5.68. The van der Waals surface area contributed by atoms with Crippen LogP contribution >= 0.6 is 0 Å². The second kappa shape index (κ2) is 5.61. The maximum Gasteiger partial charge on any atom is 0.0584 e. The number of nitrogens with one attached hydrogen (secondary N) is 1. The van der Waals surface area contributed by atoms with Gasteiger partial charge in [-0.3, -0.25) is 0 Å². The number of hydrogen-bond donors (Lipinski definition) is 2. The Morgan fingerprint density at radius 2 is 2.15 bits per heavy atom. The van der Waals surface area contributed by atoms with Gasteiger partial charge in [0.1, 0.15) is 0 Å². The maximum absolute atomic E-state index is 9.08. The van der Waals surface area contributed by atoms with Crippen LogP contribution in [0.4, 0.5) is 0 Å². The second-order valence-corrected chi connectivity index (χ2v) is 4.16. The van der Waals surface area contributed by atoms with Crippen molar-refractivity contribution in [3.63, 3.8) is 0 Å². The molecule has 0 radical (unpaired) electrons. The molecule has 1 fully saturated rings. The molecule has 2 heteroatoms. The van der Waals surface area contributed by atoms with Crippen LogP contribution in [0, 0.1) is 5.92 Å². The zero-order valence-electron chi connectivity index (χ0n) is 8.92. The third-order valence-electron chi connectivity index (χ3n) is 3.35. The molecule has 13 heavy (non-hydrogen) atoms. The lowest BCUT2D eigenvalue weighted by Crippen LogP contribution is -2.41. The Kier molecular flexibility index (Phi) is 4.74. The molecule has 0 aromatic heterocycles. The normalized spacial score (nSPS) is 30.7. The van der Waals surface area contributed by atoms with Crippen molar-refractivity contribution in [2.75, 3.05) is 6.61 Å². The molecule has 1 rings (SSSR count). The first kappa shape index (κ1) is 11.0. The van der Waals surface area contributed by atoms with E-state index in [1.807, 2.05) is 0 Å². The fraction of sp³-hybridized carbons (Fsp3) is 1.00. The largest absolute Gasteiger partial charge is 0.395 e. The van der Waals surface area contributed by atoms with Gasteiger partial charge in [-0.05, 0) is 25.2 Å². The Balaban J connectivity index is 2.33. The van der Waals surface area contributed by atoms with Gasteiger partial charge in [-0.15, -0.1) is 0 Å². The summed E-state index contributed by atoms with van der Waals surface area (Å²) in [4.78, 5) is 0. The fourth-order valence-corrected chi connectivity index (χ4v) is 2.35. The van der Waals surface area contributed by atoms with Crippen LogP contribution in [0.1, 0.15) is 46.0 Å². The van der Waals surface area contributed by atoms with Crippen LogP contribution in [0.3, 0.4) is 0 Å². The summed E-state index contributed by atoms with van der Waals surface area (Å²) in [6.07, 6.45) is 6.34. The molecule has 1 aliphatic carbocycles. The van der Waals surface area contributed by atoms with Gasteiger partial charge >= 0.3 is 0 Å². The summed E-state index contributed by atoms with van der Waals surface area (Å²) >= 11 is 0. The number of aliphatic hydroxyl groups is 1. The monoisotopic (exact) mass is 185 g/mol. The van der Waals surface area contributed by atoms with E-state index in [2.05, 4.69) is 19.2 Å². The average Bonchev–Trinajstić information content (AvgIpc) is 2.61. The van der Waals surface area contributed by atoms with Crippen LogP contribution in [0.2, 0.25) is 0 Å². The Labute approximate surface area is 81.7 Å². The minimum absolute atomic E-state index is 0.281. The summed E-state index contributed by atoms with van der Waals surface area (Å²) in [7, 11) is 0. The predicted molar refractivity (Wildman–Crippen MR) is 55.7 cm³/mol. The molecule has 0 aromatic carbocycles. The van der Waals surface area contributed by atoms with Crippen molar-refractivity contribution in [3.05, 3.63) is 0 Å². The topological polar surface area (TPSA) is 32.3 Å². The molecule has 1 aliphatic rings. The summed E-state index contributed by atoms with van der Waals surface area (Å²) in [5.74, 6) is 0.848. The van der Waals surface area contributed by atoms with Gasteiger partial charge in [0.05, 0.1) is 6.61 Å². The Bertz CT molecular complexity index is 134. The smallest absolute Gasteiger partial charge is 0.0584 e. The third kappa shape index (κ3) is 2.96. The molecule has 0 heterocycles. The van der Waals surface area contributed by atoms with Crippen molar-refractivity contribution >= 4 is 0 Å². The van der Waals surface area contributed by atoms with Crippen molar-refractivity contribution < 1.29 is 5.11 Å². The summed E-state index contributed by atoms with van der Waals surface area (Å²) in [6.45, 7) is 4.68. The first-order chi connectivity index (χ1) is 6.31. The molecule has 0 aromatic rings. The van der Waals surface area contributed by atoms with Gasteiger partial charge in [-0.25, -0.2) is 0 Å². The van der Waals surface area contributed by atoms with Crippen molar-refractivity contribution in [2.45, 2.75) is 58.0 Å². The van der Waals surface area contributed by atoms with E-state index >= 15 is 0 Å². The highest BCUT2D eigenvalue weighted by Crippen LogP contribution is 2.28. The zero-order chi connectivity index (χ0) is 9.68. The Hall–Kier alpha value is -0.0800. The fourth-order valence-electron chi connectivity index (χ4n) is 2.35. The SMILES string of the molecule is CCC1CCCC1N[C@@H](CC)CO. The molecular weight excluding hydrogens is 162 g/mol. The second-order valence-electron chi connectivity index (χ2n) is 4.16. The maximum atomic E-state index is 9.08. The van der Waals surface area contributed by atoms with Gasteiger partial charge in [-0.2, -0.15) is 0 Å². The van der Waals surface area contributed by atoms with Crippen LogP contribution in [-0.4, -0.2) is 23.8 Å². The Morgan fingerprint density at radius 3 is 2.69 bits per heavy atom. The minimum atomic E-state index is 0.281. The van der Waals surface area contributed by atoms with Gasteiger partial charge in [-0.1, -0.05) is 26.7 Å². The highest BCUT2D eigenvalue weighted by atomic mass is 16.3. The Morgan fingerprint density at radius 1 is 1.38 bits per heavy atom. The number of aliphatic hydroxyl groups excluding tert-OH is 1.